The maximum atomic E-state index is 13.8. The van der Waals surface area contributed by atoms with Crippen molar-refractivity contribution in [3.05, 3.63) is 95.6 Å². The highest BCUT2D eigenvalue weighted by molar-refractivity contribution is 5.97. The van der Waals surface area contributed by atoms with Crippen LogP contribution in [0.3, 0.4) is 0 Å². The molecule has 3 aromatic carbocycles. The topological polar surface area (TPSA) is 72.2 Å². The SMILES string of the molecule is NC(=O)[C@@H](Cc1ccc(-c2ccccc2)cc1)NC(=O)c1cccc(F)c1F. The Balaban J connectivity index is 1.74. The molecule has 0 saturated carbocycles. The fraction of sp³-hybridized carbons (Fsp3) is 0.0909. The third kappa shape index (κ3) is 4.40. The fourth-order valence-electron chi connectivity index (χ4n) is 2.84. The predicted octanol–water partition coefficient (Wildman–Crippen LogP) is 3.46. The molecule has 4 nitrogen and oxygen atoms in total. The van der Waals surface area contributed by atoms with Crippen LogP contribution in [0.15, 0.2) is 72.8 Å². The quantitative estimate of drug-likeness (QED) is 0.687. The summed E-state index contributed by atoms with van der Waals surface area (Å²) in [6.45, 7) is 0. The lowest BCUT2D eigenvalue weighted by molar-refractivity contribution is -0.119. The van der Waals surface area contributed by atoms with Gasteiger partial charge in [0, 0.05) is 6.42 Å². The normalized spacial score (nSPS) is 11.6. The molecule has 0 aliphatic rings. The smallest absolute Gasteiger partial charge is 0.255 e. The van der Waals surface area contributed by atoms with Crippen LogP contribution in [0.25, 0.3) is 11.1 Å². The van der Waals surface area contributed by atoms with E-state index >= 15 is 0 Å². The average Bonchev–Trinajstić information content (AvgIpc) is 2.70. The first-order valence-electron chi connectivity index (χ1n) is 8.64. The highest BCUT2D eigenvalue weighted by Gasteiger charge is 2.22. The number of carbonyl (C=O) groups is 2. The molecular formula is C22H18F2N2O2. The van der Waals surface area contributed by atoms with Crippen LogP contribution >= 0.6 is 0 Å². The predicted molar refractivity (Wildman–Crippen MR) is 102 cm³/mol. The Labute approximate surface area is 161 Å². The van der Waals surface area contributed by atoms with Gasteiger partial charge in [0.2, 0.25) is 5.91 Å². The van der Waals surface area contributed by atoms with Crippen LogP contribution < -0.4 is 11.1 Å². The number of carbonyl (C=O) groups excluding carboxylic acids is 2. The number of amides is 2. The number of hydrogen-bond donors (Lipinski definition) is 2. The standard InChI is InChI=1S/C22H18F2N2O2/c23-18-8-4-7-17(20(18)24)22(28)26-19(21(25)27)13-14-9-11-16(12-10-14)15-5-2-1-3-6-15/h1-12,19H,13H2,(H2,25,27)(H,26,28)/t19-/m1/s1. The van der Waals surface area contributed by atoms with Gasteiger partial charge in [0.05, 0.1) is 5.56 Å². The molecule has 0 bridgehead atoms. The summed E-state index contributed by atoms with van der Waals surface area (Å²) in [5, 5.41) is 2.38. The molecule has 0 heterocycles. The van der Waals surface area contributed by atoms with Crippen molar-refractivity contribution >= 4 is 11.8 Å². The lowest BCUT2D eigenvalue weighted by atomic mass is 10.00. The van der Waals surface area contributed by atoms with Crippen molar-refractivity contribution in [2.75, 3.05) is 0 Å². The Morgan fingerprint density at radius 3 is 2.14 bits per heavy atom. The molecule has 0 spiro atoms. The first-order valence-corrected chi connectivity index (χ1v) is 8.64. The number of halogens is 2. The Morgan fingerprint density at radius 2 is 1.50 bits per heavy atom. The maximum absolute atomic E-state index is 13.8. The third-order valence-electron chi connectivity index (χ3n) is 4.35. The molecule has 3 aromatic rings. The molecule has 0 fully saturated rings. The number of rotatable bonds is 6. The zero-order valence-electron chi connectivity index (χ0n) is 14.9. The molecule has 0 radical (unpaired) electrons. The maximum Gasteiger partial charge on any atom is 0.255 e. The van der Waals surface area contributed by atoms with Crippen molar-refractivity contribution in [1.29, 1.82) is 0 Å². The van der Waals surface area contributed by atoms with Crippen molar-refractivity contribution in [2.24, 2.45) is 5.73 Å². The zero-order valence-corrected chi connectivity index (χ0v) is 14.9. The molecule has 0 aliphatic heterocycles. The second-order valence-corrected chi connectivity index (χ2v) is 6.30. The van der Waals surface area contributed by atoms with Crippen LogP contribution in [0.5, 0.6) is 0 Å². The molecule has 2 amide bonds. The fourth-order valence-corrected chi connectivity index (χ4v) is 2.84. The second-order valence-electron chi connectivity index (χ2n) is 6.30. The van der Waals surface area contributed by atoms with Crippen molar-refractivity contribution in [3.8, 4) is 11.1 Å². The van der Waals surface area contributed by atoms with E-state index in [2.05, 4.69) is 5.32 Å². The number of benzene rings is 3. The van der Waals surface area contributed by atoms with Crippen molar-refractivity contribution in [2.45, 2.75) is 12.5 Å². The molecule has 28 heavy (non-hydrogen) atoms. The molecule has 142 valence electrons. The highest BCUT2D eigenvalue weighted by atomic mass is 19.2. The molecule has 6 heteroatoms. The third-order valence-corrected chi connectivity index (χ3v) is 4.35. The number of hydrogen-bond acceptors (Lipinski definition) is 2. The summed E-state index contributed by atoms with van der Waals surface area (Å²) in [4.78, 5) is 24.0. The lowest BCUT2D eigenvalue weighted by Crippen LogP contribution is -2.46. The molecular weight excluding hydrogens is 362 g/mol. The monoisotopic (exact) mass is 380 g/mol. The lowest BCUT2D eigenvalue weighted by Gasteiger charge is -2.16. The van der Waals surface area contributed by atoms with E-state index in [0.29, 0.717) is 0 Å². The van der Waals surface area contributed by atoms with Gasteiger partial charge in [-0.2, -0.15) is 0 Å². The Bertz CT molecular complexity index is 989. The molecule has 0 aliphatic carbocycles. The summed E-state index contributed by atoms with van der Waals surface area (Å²) in [6, 6.07) is 19.4. The van der Waals surface area contributed by atoms with Gasteiger partial charge in [0.1, 0.15) is 6.04 Å². The summed E-state index contributed by atoms with van der Waals surface area (Å²) in [6.07, 6.45) is 0.132. The minimum absolute atomic E-state index is 0.132. The largest absolute Gasteiger partial charge is 0.368 e. The molecule has 0 aromatic heterocycles. The van der Waals surface area contributed by atoms with E-state index < -0.39 is 35.1 Å². The minimum Gasteiger partial charge on any atom is -0.368 e. The van der Waals surface area contributed by atoms with Crippen molar-refractivity contribution < 1.29 is 18.4 Å². The van der Waals surface area contributed by atoms with E-state index in [-0.39, 0.29) is 6.42 Å². The van der Waals surface area contributed by atoms with E-state index in [9.17, 15) is 18.4 Å². The molecule has 0 unspecified atom stereocenters. The van der Waals surface area contributed by atoms with Crippen LogP contribution in [0.2, 0.25) is 0 Å². The summed E-state index contributed by atoms with van der Waals surface area (Å²) in [5.41, 5.74) is 7.72. The van der Waals surface area contributed by atoms with Gasteiger partial charge in [0.25, 0.3) is 5.91 Å². The Hall–Kier alpha value is -3.54. The van der Waals surface area contributed by atoms with Gasteiger partial charge in [-0.25, -0.2) is 8.78 Å². The van der Waals surface area contributed by atoms with Gasteiger partial charge in [-0.05, 0) is 28.8 Å². The average molecular weight is 380 g/mol. The summed E-state index contributed by atoms with van der Waals surface area (Å²) >= 11 is 0. The zero-order chi connectivity index (χ0) is 20.1. The minimum atomic E-state index is -1.27. The Morgan fingerprint density at radius 1 is 0.857 bits per heavy atom. The van der Waals surface area contributed by atoms with Gasteiger partial charge in [0.15, 0.2) is 11.6 Å². The summed E-state index contributed by atoms with van der Waals surface area (Å²) < 4.78 is 27.1. The second kappa shape index (κ2) is 8.43. The molecule has 1 atom stereocenters. The summed E-state index contributed by atoms with van der Waals surface area (Å²) in [5.74, 6) is -4.07. The van der Waals surface area contributed by atoms with Crippen LogP contribution in [-0.4, -0.2) is 17.9 Å². The van der Waals surface area contributed by atoms with Gasteiger partial charge < -0.3 is 11.1 Å². The van der Waals surface area contributed by atoms with E-state index in [0.717, 1.165) is 28.8 Å². The summed E-state index contributed by atoms with van der Waals surface area (Å²) in [7, 11) is 0. The number of nitrogens with one attached hydrogen (secondary N) is 1. The van der Waals surface area contributed by atoms with Gasteiger partial charge in [-0.1, -0.05) is 60.7 Å². The van der Waals surface area contributed by atoms with Gasteiger partial charge >= 0.3 is 0 Å². The van der Waals surface area contributed by atoms with E-state index in [1.165, 1.54) is 6.07 Å². The first kappa shape index (κ1) is 19.2. The number of nitrogens with two attached hydrogens (primary N) is 1. The van der Waals surface area contributed by atoms with Gasteiger partial charge in [-0.15, -0.1) is 0 Å². The highest BCUT2D eigenvalue weighted by Crippen LogP contribution is 2.20. The first-order chi connectivity index (χ1) is 13.5. The molecule has 3 rings (SSSR count). The van der Waals surface area contributed by atoms with E-state index in [1.54, 1.807) is 0 Å². The Kier molecular flexibility index (Phi) is 5.79. The molecule has 3 N–H and O–H groups in total. The van der Waals surface area contributed by atoms with E-state index in [1.807, 2.05) is 54.6 Å². The van der Waals surface area contributed by atoms with Crippen molar-refractivity contribution in [1.82, 2.24) is 5.32 Å². The molecule has 0 saturated heterocycles. The van der Waals surface area contributed by atoms with Crippen LogP contribution in [0, 0.1) is 11.6 Å². The number of primary amides is 1. The van der Waals surface area contributed by atoms with Crippen LogP contribution in [0.1, 0.15) is 15.9 Å². The van der Waals surface area contributed by atoms with E-state index in [4.69, 9.17) is 5.73 Å². The van der Waals surface area contributed by atoms with Gasteiger partial charge in [-0.3, -0.25) is 9.59 Å². The van der Waals surface area contributed by atoms with Crippen LogP contribution in [0.4, 0.5) is 8.78 Å². The van der Waals surface area contributed by atoms with Crippen molar-refractivity contribution in [3.63, 3.8) is 0 Å². The van der Waals surface area contributed by atoms with Crippen LogP contribution in [-0.2, 0) is 11.2 Å².